The van der Waals surface area contributed by atoms with Gasteiger partial charge in [0.15, 0.2) is 0 Å². The first-order chi connectivity index (χ1) is 9.16. The molecule has 2 heterocycles. The Kier molecular flexibility index (Phi) is 4.71. The first-order valence-electron chi connectivity index (χ1n) is 5.65. The third-order valence-corrected chi connectivity index (χ3v) is 3.19. The first-order valence-corrected chi connectivity index (χ1v) is 6.40. The SMILES string of the molecule is O=C(NCCc1ccncc1)c1cnc(Cl)c(Cl)c1. The van der Waals surface area contributed by atoms with E-state index in [1.807, 2.05) is 12.1 Å². The van der Waals surface area contributed by atoms with Crippen molar-refractivity contribution in [3.05, 3.63) is 58.1 Å². The molecule has 0 aliphatic rings. The summed E-state index contributed by atoms with van der Waals surface area (Å²) in [5, 5.41) is 3.25. The van der Waals surface area contributed by atoms with E-state index < -0.39 is 0 Å². The molecule has 0 spiro atoms. The second-order valence-corrected chi connectivity index (χ2v) is 4.62. The van der Waals surface area contributed by atoms with Gasteiger partial charge < -0.3 is 5.32 Å². The standard InChI is InChI=1S/C13H11Cl2N3O/c14-11-7-10(8-18-12(11)15)13(19)17-6-3-9-1-4-16-5-2-9/h1-2,4-5,7-8H,3,6H2,(H,17,19). The summed E-state index contributed by atoms with van der Waals surface area (Å²) in [5.74, 6) is -0.222. The smallest absolute Gasteiger partial charge is 0.252 e. The Hall–Kier alpha value is -1.65. The van der Waals surface area contributed by atoms with Crippen LogP contribution in [0.25, 0.3) is 0 Å². The topological polar surface area (TPSA) is 54.9 Å². The van der Waals surface area contributed by atoms with Crippen molar-refractivity contribution in [1.29, 1.82) is 0 Å². The molecule has 1 amide bonds. The highest BCUT2D eigenvalue weighted by Crippen LogP contribution is 2.19. The molecule has 0 saturated carbocycles. The molecular formula is C13H11Cl2N3O. The fourth-order valence-corrected chi connectivity index (χ4v) is 1.79. The highest BCUT2D eigenvalue weighted by Gasteiger charge is 2.08. The number of hydrogen-bond acceptors (Lipinski definition) is 3. The molecule has 0 radical (unpaired) electrons. The third-order valence-electron chi connectivity index (χ3n) is 2.51. The molecule has 0 aromatic carbocycles. The molecule has 2 rings (SSSR count). The molecule has 0 bridgehead atoms. The maximum absolute atomic E-state index is 11.8. The van der Waals surface area contributed by atoms with E-state index in [-0.39, 0.29) is 16.1 Å². The summed E-state index contributed by atoms with van der Waals surface area (Å²) >= 11 is 11.5. The van der Waals surface area contributed by atoms with Crippen LogP contribution in [0.2, 0.25) is 10.2 Å². The lowest BCUT2D eigenvalue weighted by Gasteiger charge is -2.05. The second kappa shape index (κ2) is 6.50. The molecule has 4 nitrogen and oxygen atoms in total. The molecule has 0 atom stereocenters. The van der Waals surface area contributed by atoms with Gasteiger partial charge in [-0.1, -0.05) is 23.2 Å². The number of halogens is 2. The van der Waals surface area contributed by atoms with Gasteiger partial charge in [-0.25, -0.2) is 4.98 Å². The van der Waals surface area contributed by atoms with Crippen LogP contribution in [-0.4, -0.2) is 22.4 Å². The van der Waals surface area contributed by atoms with Gasteiger partial charge in [0, 0.05) is 25.1 Å². The number of nitrogens with zero attached hydrogens (tertiary/aromatic N) is 2. The maximum atomic E-state index is 11.8. The van der Waals surface area contributed by atoms with Gasteiger partial charge in [0.25, 0.3) is 5.91 Å². The summed E-state index contributed by atoms with van der Waals surface area (Å²) in [6.07, 6.45) is 5.58. The molecule has 0 aliphatic heterocycles. The van der Waals surface area contributed by atoms with Crippen molar-refractivity contribution in [2.75, 3.05) is 6.54 Å². The molecule has 2 aromatic rings. The number of carbonyl (C=O) groups is 1. The second-order valence-electron chi connectivity index (χ2n) is 3.86. The predicted molar refractivity (Wildman–Crippen MR) is 74.5 cm³/mol. The van der Waals surface area contributed by atoms with E-state index in [9.17, 15) is 4.79 Å². The van der Waals surface area contributed by atoms with E-state index in [0.717, 1.165) is 12.0 Å². The van der Waals surface area contributed by atoms with Crippen molar-refractivity contribution >= 4 is 29.1 Å². The zero-order valence-electron chi connectivity index (χ0n) is 9.94. The number of nitrogens with one attached hydrogen (secondary N) is 1. The minimum Gasteiger partial charge on any atom is -0.352 e. The fraction of sp³-hybridized carbons (Fsp3) is 0.154. The van der Waals surface area contributed by atoms with Gasteiger partial charge in [-0.05, 0) is 30.2 Å². The predicted octanol–water partition coefficient (Wildman–Crippen LogP) is 2.76. The van der Waals surface area contributed by atoms with Crippen LogP contribution in [0.15, 0.2) is 36.8 Å². The van der Waals surface area contributed by atoms with Gasteiger partial charge in [0.2, 0.25) is 0 Å². The number of pyridine rings is 2. The van der Waals surface area contributed by atoms with Gasteiger partial charge in [-0.2, -0.15) is 0 Å². The number of rotatable bonds is 4. The summed E-state index contributed by atoms with van der Waals surface area (Å²) in [6.45, 7) is 0.531. The number of carbonyl (C=O) groups excluding carboxylic acids is 1. The Labute approximate surface area is 120 Å². The summed E-state index contributed by atoms with van der Waals surface area (Å²) in [7, 11) is 0. The lowest BCUT2D eigenvalue weighted by molar-refractivity contribution is 0.0954. The van der Waals surface area contributed by atoms with Crippen LogP contribution in [0.5, 0.6) is 0 Å². The van der Waals surface area contributed by atoms with Crippen LogP contribution in [0.3, 0.4) is 0 Å². The average Bonchev–Trinajstić information content (AvgIpc) is 2.43. The van der Waals surface area contributed by atoms with Crippen LogP contribution >= 0.6 is 23.2 Å². The quantitative estimate of drug-likeness (QED) is 0.883. The largest absolute Gasteiger partial charge is 0.352 e. The highest BCUT2D eigenvalue weighted by molar-refractivity contribution is 6.41. The number of hydrogen-bond donors (Lipinski definition) is 1. The summed E-state index contributed by atoms with van der Waals surface area (Å²) in [6, 6.07) is 5.32. The van der Waals surface area contributed by atoms with E-state index in [0.29, 0.717) is 12.1 Å². The normalized spacial score (nSPS) is 10.2. The van der Waals surface area contributed by atoms with Gasteiger partial charge in [-0.3, -0.25) is 9.78 Å². The van der Waals surface area contributed by atoms with Crippen molar-refractivity contribution in [2.24, 2.45) is 0 Å². The minimum absolute atomic E-state index is 0.190. The third kappa shape index (κ3) is 3.91. The minimum atomic E-state index is -0.222. The van der Waals surface area contributed by atoms with Crippen molar-refractivity contribution in [2.45, 2.75) is 6.42 Å². The maximum Gasteiger partial charge on any atom is 0.252 e. The summed E-state index contributed by atoms with van der Waals surface area (Å²) in [4.78, 5) is 19.6. The van der Waals surface area contributed by atoms with Crippen molar-refractivity contribution in [3.8, 4) is 0 Å². The Bertz CT molecular complexity index is 575. The summed E-state index contributed by atoms with van der Waals surface area (Å²) in [5.41, 5.74) is 1.51. The van der Waals surface area contributed by atoms with Crippen molar-refractivity contribution < 1.29 is 4.79 Å². The van der Waals surface area contributed by atoms with Gasteiger partial charge in [-0.15, -0.1) is 0 Å². The van der Waals surface area contributed by atoms with Crippen molar-refractivity contribution in [1.82, 2.24) is 15.3 Å². The van der Waals surface area contributed by atoms with Crippen LogP contribution < -0.4 is 5.32 Å². The molecular weight excluding hydrogens is 285 g/mol. The molecule has 0 aliphatic carbocycles. The molecule has 0 fully saturated rings. The molecule has 0 unspecified atom stereocenters. The molecule has 6 heteroatoms. The lowest BCUT2D eigenvalue weighted by atomic mass is 10.2. The Morgan fingerprint density at radius 2 is 2.00 bits per heavy atom. The molecule has 98 valence electrons. The highest BCUT2D eigenvalue weighted by atomic mass is 35.5. The van der Waals surface area contributed by atoms with Crippen LogP contribution in [-0.2, 0) is 6.42 Å². The van der Waals surface area contributed by atoms with Crippen molar-refractivity contribution in [3.63, 3.8) is 0 Å². The van der Waals surface area contributed by atoms with Gasteiger partial charge in [0.05, 0.1) is 10.6 Å². The van der Waals surface area contributed by atoms with E-state index in [1.54, 1.807) is 12.4 Å². The zero-order valence-corrected chi connectivity index (χ0v) is 11.4. The lowest BCUT2D eigenvalue weighted by Crippen LogP contribution is -2.25. The fourth-order valence-electron chi connectivity index (χ4n) is 1.52. The molecule has 19 heavy (non-hydrogen) atoms. The Morgan fingerprint density at radius 1 is 1.26 bits per heavy atom. The van der Waals surface area contributed by atoms with E-state index in [1.165, 1.54) is 12.3 Å². The Morgan fingerprint density at radius 3 is 2.68 bits per heavy atom. The molecule has 1 N–H and O–H groups in total. The van der Waals surface area contributed by atoms with Crippen LogP contribution in [0.1, 0.15) is 15.9 Å². The number of amides is 1. The zero-order chi connectivity index (χ0) is 13.7. The van der Waals surface area contributed by atoms with E-state index >= 15 is 0 Å². The molecule has 0 saturated heterocycles. The van der Waals surface area contributed by atoms with Gasteiger partial charge in [0.1, 0.15) is 5.15 Å². The van der Waals surface area contributed by atoms with Crippen LogP contribution in [0, 0.1) is 0 Å². The average molecular weight is 296 g/mol. The van der Waals surface area contributed by atoms with Gasteiger partial charge >= 0.3 is 0 Å². The summed E-state index contributed by atoms with van der Waals surface area (Å²) < 4.78 is 0. The first kappa shape index (κ1) is 13.8. The number of aromatic nitrogens is 2. The van der Waals surface area contributed by atoms with E-state index in [4.69, 9.17) is 23.2 Å². The Balaban J connectivity index is 1.89. The van der Waals surface area contributed by atoms with Crippen LogP contribution in [0.4, 0.5) is 0 Å². The van der Waals surface area contributed by atoms with E-state index in [2.05, 4.69) is 15.3 Å². The molecule has 2 aromatic heterocycles. The monoisotopic (exact) mass is 295 g/mol.